The second kappa shape index (κ2) is 6.35. The number of hydrogen-bond donors (Lipinski definition) is 1. The highest BCUT2D eigenvalue weighted by atomic mass is 32.2. The maximum Gasteiger partial charge on any atom is 0.407 e. The number of nitrogens with one attached hydrogen (secondary N) is 1. The van der Waals surface area contributed by atoms with Crippen molar-refractivity contribution < 1.29 is 9.53 Å². The molecule has 0 saturated carbocycles. The van der Waals surface area contributed by atoms with Crippen LogP contribution in [0, 0.1) is 0 Å². The molecular formula is C11H15NO2S. The van der Waals surface area contributed by atoms with Crippen molar-refractivity contribution in [3.05, 3.63) is 29.8 Å². The Balaban J connectivity index is 2.53. The van der Waals surface area contributed by atoms with Crippen LogP contribution >= 0.6 is 11.8 Å². The first-order valence-electron chi connectivity index (χ1n) is 4.80. The van der Waals surface area contributed by atoms with E-state index in [0.29, 0.717) is 13.2 Å². The van der Waals surface area contributed by atoms with Crippen molar-refractivity contribution in [1.29, 1.82) is 0 Å². The lowest BCUT2D eigenvalue weighted by atomic mass is 10.2. The molecule has 3 nitrogen and oxygen atoms in total. The van der Waals surface area contributed by atoms with Crippen LogP contribution in [0.5, 0.6) is 0 Å². The smallest absolute Gasteiger partial charge is 0.407 e. The Morgan fingerprint density at radius 2 is 2.20 bits per heavy atom. The topological polar surface area (TPSA) is 38.3 Å². The van der Waals surface area contributed by atoms with Gasteiger partial charge >= 0.3 is 6.09 Å². The molecule has 82 valence electrons. The van der Waals surface area contributed by atoms with Crippen molar-refractivity contribution >= 4 is 17.9 Å². The molecule has 0 spiro atoms. The highest BCUT2D eigenvalue weighted by Gasteiger charge is 2.03. The van der Waals surface area contributed by atoms with Crippen molar-refractivity contribution in [2.45, 2.75) is 18.4 Å². The van der Waals surface area contributed by atoms with E-state index in [1.807, 2.05) is 30.5 Å². The summed E-state index contributed by atoms with van der Waals surface area (Å²) in [5.74, 6) is 0. The average molecular weight is 225 g/mol. The van der Waals surface area contributed by atoms with Gasteiger partial charge in [0.15, 0.2) is 0 Å². The molecule has 0 aliphatic rings. The lowest BCUT2D eigenvalue weighted by Gasteiger charge is -2.08. The van der Waals surface area contributed by atoms with Crippen LogP contribution in [0.4, 0.5) is 4.79 Å². The molecule has 1 aromatic rings. The number of ether oxygens (including phenoxy) is 1. The molecule has 1 aromatic carbocycles. The molecule has 0 bridgehead atoms. The Kier molecular flexibility index (Phi) is 5.04. The normalized spacial score (nSPS) is 9.73. The van der Waals surface area contributed by atoms with Gasteiger partial charge in [0, 0.05) is 11.4 Å². The second-order valence-corrected chi connectivity index (χ2v) is 3.73. The highest BCUT2D eigenvalue weighted by Crippen LogP contribution is 2.19. The summed E-state index contributed by atoms with van der Waals surface area (Å²) < 4.78 is 4.78. The Morgan fingerprint density at radius 1 is 1.47 bits per heavy atom. The van der Waals surface area contributed by atoms with Gasteiger partial charge in [-0.05, 0) is 24.8 Å². The maximum atomic E-state index is 11.1. The third kappa shape index (κ3) is 3.83. The van der Waals surface area contributed by atoms with Gasteiger partial charge in [0.25, 0.3) is 0 Å². The van der Waals surface area contributed by atoms with Gasteiger partial charge in [0.1, 0.15) is 0 Å². The SMILES string of the molecule is CCOC(=O)NCc1ccccc1SC. The zero-order valence-electron chi connectivity index (χ0n) is 8.95. The molecule has 0 aliphatic carbocycles. The van der Waals surface area contributed by atoms with Crippen molar-refractivity contribution in [3.8, 4) is 0 Å². The fraction of sp³-hybridized carbons (Fsp3) is 0.364. The van der Waals surface area contributed by atoms with Gasteiger partial charge in [0.05, 0.1) is 6.61 Å². The van der Waals surface area contributed by atoms with E-state index in [9.17, 15) is 4.79 Å². The van der Waals surface area contributed by atoms with Crippen molar-refractivity contribution in [2.24, 2.45) is 0 Å². The molecule has 0 atom stereocenters. The minimum Gasteiger partial charge on any atom is -0.450 e. The number of carbonyl (C=O) groups excluding carboxylic acids is 1. The minimum absolute atomic E-state index is 0.367. The van der Waals surface area contributed by atoms with Crippen LogP contribution in [0.25, 0.3) is 0 Å². The number of benzene rings is 1. The van der Waals surface area contributed by atoms with Crippen LogP contribution in [0.3, 0.4) is 0 Å². The molecule has 1 rings (SSSR count). The van der Waals surface area contributed by atoms with Gasteiger partial charge in [-0.1, -0.05) is 18.2 Å². The Labute approximate surface area is 94.2 Å². The Bertz CT molecular complexity index is 328. The van der Waals surface area contributed by atoms with Gasteiger partial charge in [-0.15, -0.1) is 11.8 Å². The Morgan fingerprint density at radius 3 is 2.87 bits per heavy atom. The van der Waals surface area contributed by atoms with Crippen LogP contribution in [0.15, 0.2) is 29.2 Å². The average Bonchev–Trinajstić information content (AvgIpc) is 2.27. The summed E-state index contributed by atoms with van der Waals surface area (Å²) >= 11 is 1.67. The first kappa shape index (κ1) is 11.9. The molecule has 0 heterocycles. The third-order valence-electron chi connectivity index (χ3n) is 1.89. The van der Waals surface area contributed by atoms with E-state index in [1.165, 1.54) is 4.90 Å². The van der Waals surface area contributed by atoms with Gasteiger partial charge in [-0.2, -0.15) is 0 Å². The summed E-state index contributed by atoms with van der Waals surface area (Å²) in [6.07, 6.45) is 1.65. The van der Waals surface area contributed by atoms with E-state index in [1.54, 1.807) is 18.7 Å². The van der Waals surface area contributed by atoms with Crippen LogP contribution in [-0.2, 0) is 11.3 Å². The zero-order valence-corrected chi connectivity index (χ0v) is 9.76. The summed E-state index contributed by atoms with van der Waals surface area (Å²) in [6, 6.07) is 7.98. The summed E-state index contributed by atoms with van der Waals surface area (Å²) in [5, 5.41) is 2.70. The van der Waals surface area contributed by atoms with Crippen LogP contribution in [-0.4, -0.2) is 19.0 Å². The lowest BCUT2D eigenvalue weighted by molar-refractivity contribution is 0.151. The summed E-state index contributed by atoms with van der Waals surface area (Å²) in [5.41, 5.74) is 1.11. The molecule has 0 saturated heterocycles. The van der Waals surface area contributed by atoms with Crippen LogP contribution < -0.4 is 5.32 Å². The molecule has 0 aromatic heterocycles. The minimum atomic E-state index is -0.367. The van der Waals surface area contributed by atoms with E-state index in [0.717, 1.165) is 5.56 Å². The van der Waals surface area contributed by atoms with Crippen molar-refractivity contribution in [3.63, 3.8) is 0 Å². The van der Waals surface area contributed by atoms with Crippen molar-refractivity contribution in [2.75, 3.05) is 12.9 Å². The number of alkyl carbamates (subject to hydrolysis) is 1. The molecule has 0 aliphatic heterocycles. The van der Waals surface area contributed by atoms with E-state index >= 15 is 0 Å². The highest BCUT2D eigenvalue weighted by molar-refractivity contribution is 7.98. The molecule has 15 heavy (non-hydrogen) atoms. The van der Waals surface area contributed by atoms with Gasteiger partial charge in [-0.25, -0.2) is 4.79 Å². The molecular weight excluding hydrogens is 210 g/mol. The maximum absolute atomic E-state index is 11.1. The monoisotopic (exact) mass is 225 g/mol. The molecule has 0 fully saturated rings. The van der Waals surface area contributed by atoms with Crippen LogP contribution in [0.1, 0.15) is 12.5 Å². The number of carbonyl (C=O) groups is 1. The fourth-order valence-electron chi connectivity index (χ4n) is 1.20. The first-order chi connectivity index (χ1) is 7.27. The predicted molar refractivity (Wildman–Crippen MR) is 62.1 cm³/mol. The summed E-state index contributed by atoms with van der Waals surface area (Å²) in [7, 11) is 0. The third-order valence-corrected chi connectivity index (χ3v) is 2.73. The number of thioether (sulfide) groups is 1. The number of hydrogen-bond acceptors (Lipinski definition) is 3. The van der Waals surface area contributed by atoms with Crippen molar-refractivity contribution in [1.82, 2.24) is 5.32 Å². The molecule has 1 N–H and O–H groups in total. The standard InChI is InChI=1S/C11H15NO2S/c1-3-14-11(13)12-8-9-6-4-5-7-10(9)15-2/h4-7H,3,8H2,1-2H3,(H,12,13). The number of rotatable bonds is 4. The van der Waals surface area contributed by atoms with E-state index in [-0.39, 0.29) is 6.09 Å². The van der Waals surface area contributed by atoms with E-state index < -0.39 is 0 Å². The molecule has 1 amide bonds. The number of amides is 1. The second-order valence-electron chi connectivity index (χ2n) is 2.89. The lowest BCUT2D eigenvalue weighted by Crippen LogP contribution is -2.23. The van der Waals surface area contributed by atoms with Gasteiger partial charge in [-0.3, -0.25) is 0 Å². The quantitative estimate of drug-likeness (QED) is 0.801. The summed E-state index contributed by atoms with van der Waals surface area (Å²) in [4.78, 5) is 12.3. The zero-order chi connectivity index (χ0) is 11.1. The van der Waals surface area contributed by atoms with Crippen LogP contribution in [0.2, 0.25) is 0 Å². The first-order valence-corrected chi connectivity index (χ1v) is 6.03. The predicted octanol–water partition coefficient (Wildman–Crippen LogP) is 2.65. The van der Waals surface area contributed by atoms with Gasteiger partial charge < -0.3 is 10.1 Å². The summed E-state index contributed by atoms with van der Waals surface area (Å²) in [6.45, 7) is 2.70. The largest absolute Gasteiger partial charge is 0.450 e. The van der Waals surface area contributed by atoms with E-state index in [2.05, 4.69) is 5.32 Å². The Hall–Kier alpha value is -1.16. The molecule has 0 unspecified atom stereocenters. The van der Waals surface area contributed by atoms with Gasteiger partial charge in [0.2, 0.25) is 0 Å². The molecule has 0 radical (unpaired) electrons. The van der Waals surface area contributed by atoms with E-state index in [4.69, 9.17) is 4.74 Å². The molecule has 4 heteroatoms. The fourth-order valence-corrected chi connectivity index (χ4v) is 1.82.